The lowest BCUT2D eigenvalue weighted by Gasteiger charge is -2.33. The van der Waals surface area contributed by atoms with Crippen LogP contribution in [0.2, 0.25) is 0 Å². The van der Waals surface area contributed by atoms with Crippen LogP contribution in [0, 0.1) is 5.41 Å². The minimum atomic E-state index is 0.121. The minimum Gasteiger partial charge on any atom is -0.276 e. The van der Waals surface area contributed by atoms with Crippen molar-refractivity contribution in [2.75, 3.05) is 0 Å². The second kappa shape index (κ2) is 5.32. The van der Waals surface area contributed by atoms with Gasteiger partial charge in [0.1, 0.15) is 6.54 Å². The van der Waals surface area contributed by atoms with Gasteiger partial charge in [-0.3, -0.25) is 4.84 Å². The summed E-state index contributed by atoms with van der Waals surface area (Å²) < 4.78 is 0. The molecule has 1 aliphatic rings. The molecule has 3 aromatic rings. The van der Waals surface area contributed by atoms with Gasteiger partial charge in [-0.25, -0.2) is 0 Å². The summed E-state index contributed by atoms with van der Waals surface area (Å²) >= 11 is 0. The fraction of sp³-hybridized carbons (Fsp3) is 0.429. The van der Waals surface area contributed by atoms with Gasteiger partial charge in [-0.05, 0) is 51.9 Å². The van der Waals surface area contributed by atoms with Crippen LogP contribution >= 0.6 is 0 Å². The molecule has 0 radical (unpaired) electrons. The van der Waals surface area contributed by atoms with Crippen LogP contribution in [-0.4, -0.2) is 9.90 Å². The highest BCUT2D eigenvalue weighted by atomic mass is 16.7. The van der Waals surface area contributed by atoms with E-state index in [1.807, 2.05) is 29.1 Å². The maximum absolute atomic E-state index is 6.12. The Labute approximate surface area is 149 Å². The monoisotopic (exact) mass is 336 g/mol. The van der Waals surface area contributed by atoms with E-state index in [0.717, 1.165) is 29.7 Å². The van der Waals surface area contributed by atoms with Crippen molar-refractivity contribution in [3.05, 3.63) is 53.6 Å². The van der Waals surface area contributed by atoms with Crippen LogP contribution in [0.3, 0.4) is 0 Å². The summed E-state index contributed by atoms with van der Waals surface area (Å²) in [5.41, 5.74) is 4.89. The predicted octanol–water partition coefficient (Wildman–Crippen LogP) is 4.24. The molecule has 0 N–H and O–H groups in total. The molecule has 4 rings (SSSR count). The minimum absolute atomic E-state index is 0.121. The summed E-state index contributed by atoms with van der Waals surface area (Å²) in [7, 11) is 0. The molecule has 0 saturated heterocycles. The number of benzene rings is 2. The van der Waals surface area contributed by atoms with Gasteiger partial charge in [-0.1, -0.05) is 52.8 Å². The first-order chi connectivity index (χ1) is 11.7. The quantitative estimate of drug-likeness (QED) is 0.513. The molecule has 1 aliphatic heterocycles. The molecular formula is C21H26N3O+. The van der Waals surface area contributed by atoms with E-state index in [0.29, 0.717) is 5.41 Å². The van der Waals surface area contributed by atoms with Crippen LogP contribution in [0.5, 0.6) is 5.75 Å². The number of hydrogen-bond acceptors (Lipinski definition) is 2. The van der Waals surface area contributed by atoms with Gasteiger partial charge in [-0.2, -0.15) is 0 Å². The van der Waals surface area contributed by atoms with E-state index in [9.17, 15) is 0 Å². The lowest BCUT2D eigenvalue weighted by molar-refractivity contribution is -0.923. The standard InChI is InChI=1S/C21H26N3O/c1-20(2,3)14-21(4,5)16-10-11-19-15(12-16)13-23-22-17-8-6-7-9-18(17)24(23)25-19/h6-12H,13-14H2,1-5H3/q+1. The summed E-state index contributed by atoms with van der Waals surface area (Å²) in [6.07, 6.45) is 1.13. The zero-order chi connectivity index (χ0) is 17.8. The third-order valence-corrected chi connectivity index (χ3v) is 4.83. The first kappa shape index (κ1) is 16.1. The molecular weight excluding hydrogens is 310 g/mol. The maximum atomic E-state index is 6.12. The fourth-order valence-corrected chi connectivity index (χ4v) is 4.08. The molecule has 0 spiro atoms. The summed E-state index contributed by atoms with van der Waals surface area (Å²) in [5.74, 6) is 0.915. The molecule has 2 aromatic carbocycles. The highest BCUT2D eigenvalue weighted by molar-refractivity contribution is 5.69. The number of rotatable bonds is 2. The van der Waals surface area contributed by atoms with Gasteiger partial charge in [0.05, 0.1) is 5.10 Å². The number of hydrogen-bond donors (Lipinski definition) is 0. The molecule has 0 unspecified atom stereocenters. The molecule has 2 heterocycles. The molecule has 130 valence electrons. The van der Waals surface area contributed by atoms with Crippen LogP contribution in [0.15, 0.2) is 42.5 Å². The summed E-state index contributed by atoms with van der Waals surface area (Å²) in [6.45, 7) is 12.3. The maximum Gasteiger partial charge on any atom is 0.253 e. The topological polar surface area (TPSA) is 30.9 Å². The van der Waals surface area contributed by atoms with Gasteiger partial charge in [0.2, 0.25) is 5.52 Å². The second-order valence-electron chi connectivity index (χ2n) is 8.93. The molecule has 0 saturated carbocycles. The molecule has 0 fully saturated rings. The van der Waals surface area contributed by atoms with Gasteiger partial charge in [-0.15, -0.1) is 0 Å². The van der Waals surface area contributed by atoms with Crippen LogP contribution in [0.4, 0.5) is 0 Å². The average molecular weight is 336 g/mol. The highest BCUT2D eigenvalue weighted by Gasteiger charge is 2.31. The Kier molecular flexibility index (Phi) is 3.43. The van der Waals surface area contributed by atoms with E-state index < -0.39 is 0 Å². The van der Waals surface area contributed by atoms with Crippen molar-refractivity contribution >= 4 is 11.0 Å². The lowest BCUT2D eigenvalue weighted by atomic mass is 9.72. The zero-order valence-corrected chi connectivity index (χ0v) is 15.7. The normalized spacial score (nSPS) is 14.1. The van der Waals surface area contributed by atoms with E-state index in [1.54, 1.807) is 4.85 Å². The van der Waals surface area contributed by atoms with E-state index >= 15 is 0 Å². The Balaban J connectivity index is 1.71. The SMILES string of the molecule is CC(C)(C)CC(C)(C)c1ccc2c(c1)Cn1nc3ccccc3[n+]1O2. The van der Waals surface area contributed by atoms with Crippen molar-refractivity contribution in [2.45, 2.75) is 53.0 Å². The molecule has 0 atom stereocenters. The van der Waals surface area contributed by atoms with E-state index in [4.69, 9.17) is 4.84 Å². The Morgan fingerprint density at radius 2 is 1.84 bits per heavy atom. The molecule has 4 heteroatoms. The molecule has 1 aromatic heterocycles. The first-order valence-electron chi connectivity index (χ1n) is 8.93. The molecule has 4 nitrogen and oxygen atoms in total. The Hall–Kier alpha value is -2.36. The van der Waals surface area contributed by atoms with Gasteiger partial charge in [0.25, 0.3) is 5.52 Å². The van der Waals surface area contributed by atoms with E-state index in [2.05, 4.69) is 57.9 Å². The first-order valence-corrected chi connectivity index (χ1v) is 8.93. The van der Waals surface area contributed by atoms with Crippen LogP contribution in [-0.2, 0) is 12.0 Å². The van der Waals surface area contributed by atoms with Crippen molar-refractivity contribution in [2.24, 2.45) is 5.41 Å². The van der Waals surface area contributed by atoms with E-state index in [1.165, 1.54) is 11.1 Å². The van der Waals surface area contributed by atoms with Gasteiger partial charge < -0.3 is 0 Å². The van der Waals surface area contributed by atoms with Crippen molar-refractivity contribution in [3.8, 4) is 5.75 Å². The van der Waals surface area contributed by atoms with Crippen molar-refractivity contribution in [1.29, 1.82) is 0 Å². The fourth-order valence-electron chi connectivity index (χ4n) is 4.08. The van der Waals surface area contributed by atoms with Crippen LogP contribution < -0.4 is 9.68 Å². The van der Waals surface area contributed by atoms with Gasteiger partial charge in [0.15, 0.2) is 5.75 Å². The summed E-state index contributed by atoms with van der Waals surface area (Å²) in [5, 5.41) is 4.66. The second-order valence-corrected chi connectivity index (χ2v) is 8.93. The van der Waals surface area contributed by atoms with Gasteiger partial charge in [0, 0.05) is 10.4 Å². The number of aromatic nitrogens is 3. The highest BCUT2D eigenvalue weighted by Crippen LogP contribution is 2.38. The number of fused-ring (bicyclic) bond motifs is 4. The number of nitrogens with zero attached hydrogens (tertiary/aromatic N) is 3. The van der Waals surface area contributed by atoms with Crippen molar-refractivity contribution in [3.63, 3.8) is 0 Å². The predicted molar refractivity (Wildman–Crippen MR) is 98.6 cm³/mol. The van der Waals surface area contributed by atoms with Crippen molar-refractivity contribution < 1.29 is 9.68 Å². The average Bonchev–Trinajstić information content (AvgIpc) is 2.87. The smallest absolute Gasteiger partial charge is 0.253 e. The van der Waals surface area contributed by atoms with Gasteiger partial charge >= 0.3 is 0 Å². The largest absolute Gasteiger partial charge is 0.276 e. The summed E-state index contributed by atoms with van der Waals surface area (Å²) in [6, 6.07) is 14.7. The van der Waals surface area contributed by atoms with Crippen LogP contribution in [0.1, 0.15) is 52.2 Å². The third kappa shape index (κ3) is 2.90. The molecule has 0 amide bonds. The van der Waals surface area contributed by atoms with E-state index in [-0.39, 0.29) is 5.41 Å². The molecule has 0 aliphatic carbocycles. The Bertz CT molecular complexity index is 947. The molecule has 25 heavy (non-hydrogen) atoms. The van der Waals surface area contributed by atoms with Crippen molar-refractivity contribution in [1.82, 2.24) is 9.90 Å². The summed E-state index contributed by atoms with van der Waals surface area (Å²) in [4.78, 5) is 9.80. The van der Waals surface area contributed by atoms with Crippen LogP contribution in [0.25, 0.3) is 11.0 Å². The lowest BCUT2D eigenvalue weighted by Crippen LogP contribution is -2.51. The Morgan fingerprint density at radius 1 is 1.08 bits per heavy atom. The Morgan fingerprint density at radius 3 is 2.60 bits per heavy atom. The number of para-hydroxylation sites is 1. The molecule has 0 bridgehead atoms. The third-order valence-electron chi connectivity index (χ3n) is 4.83. The zero-order valence-electron chi connectivity index (χ0n) is 15.7.